The molecule has 0 aliphatic carbocycles. The van der Waals surface area contributed by atoms with Gasteiger partial charge in [0.2, 0.25) is 0 Å². The highest BCUT2D eigenvalue weighted by molar-refractivity contribution is 6.30. The first-order valence-electron chi connectivity index (χ1n) is 12.4. The number of methoxy groups -OCH3 is 1. The molecule has 3 N–H and O–H groups in total. The van der Waals surface area contributed by atoms with Crippen LogP contribution >= 0.6 is 11.6 Å². The molecular formula is C25H38ClN3O6. The number of nitrogens with zero attached hydrogens (tertiary/aromatic N) is 1. The van der Waals surface area contributed by atoms with E-state index in [1.807, 2.05) is 24.3 Å². The summed E-state index contributed by atoms with van der Waals surface area (Å²) in [5.41, 5.74) is 7.16. The Hall–Kier alpha value is -2.07. The Kier molecular flexibility index (Phi) is 11.4. The number of rotatable bonds is 10. The van der Waals surface area contributed by atoms with Gasteiger partial charge in [-0.3, -0.25) is 0 Å². The lowest BCUT2D eigenvalue weighted by atomic mass is 9.88. The minimum Gasteiger partial charge on any atom is -0.453 e. The van der Waals surface area contributed by atoms with E-state index in [2.05, 4.69) is 10.1 Å². The van der Waals surface area contributed by atoms with Gasteiger partial charge in [0.15, 0.2) is 0 Å². The number of hydrogen-bond acceptors (Lipinski definition) is 7. The van der Waals surface area contributed by atoms with E-state index in [9.17, 15) is 9.59 Å². The van der Waals surface area contributed by atoms with Gasteiger partial charge in [-0.15, -0.1) is 0 Å². The Morgan fingerprint density at radius 1 is 1.31 bits per heavy atom. The number of piperidine rings is 1. The van der Waals surface area contributed by atoms with Gasteiger partial charge in [-0.05, 0) is 55.7 Å². The van der Waals surface area contributed by atoms with Crippen molar-refractivity contribution in [1.29, 1.82) is 0 Å². The van der Waals surface area contributed by atoms with Crippen LogP contribution in [0.5, 0.6) is 0 Å². The Labute approximate surface area is 212 Å². The van der Waals surface area contributed by atoms with Crippen molar-refractivity contribution in [2.45, 2.75) is 44.2 Å². The molecule has 1 aromatic rings. The van der Waals surface area contributed by atoms with E-state index in [1.165, 1.54) is 7.11 Å². The maximum atomic E-state index is 12.8. The van der Waals surface area contributed by atoms with Gasteiger partial charge in [0.05, 0.1) is 19.8 Å². The molecule has 35 heavy (non-hydrogen) atoms. The second-order valence-corrected chi connectivity index (χ2v) is 9.71. The SMILES string of the molecule is COC(=O)NCCOC(c1cccc(Cl)c1)C1CCCN(C(=O)OC[C@H](N)C[C@H]2CCCOC2)C1. The minimum atomic E-state index is -0.506. The molecule has 2 aliphatic rings. The first-order valence-corrected chi connectivity index (χ1v) is 12.8. The fourth-order valence-corrected chi connectivity index (χ4v) is 4.98. The van der Waals surface area contributed by atoms with Gasteiger partial charge in [0, 0.05) is 49.8 Å². The largest absolute Gasteiger partial charge is 0.453 e. The zero-order valence-corrected chi connectivity index (χ0v) is 21.2. The molecule has 2 fully saturated rings. The minimum absolute atomic E-state index is 0.0564. The number of nitrogens with two attached hydrogens (primary N) is 1. The monoisotopic (exact) mass is 511 g/mol. The maximum Gasteiger partial charge on any atom is 0.409 e. The predicted octanol–water partition coefficient (Wildman–Crippen LogP) is 3.75. The van der Waals surface area contributed by atoms with Crippen LogP contribution in [0.2, 0.25) is 5.02 Å². The molecule has 2 unspecified atom stereocenters. The maximum absolute atomic E-state index is 12.8. The summed E-state index contributed by atoms with van der Waals surface area (Å²) in [5.74, 6) is 0.488. The summed E-state index contributed by atoms with van der Waals surface area (Å²) < 4.78 is 21.9. The van der Waals surface area contributed by atoms with Crippen LogP contribution in [0, 0.1) is 11.8 Å². The third-order valence-electron chi connectivity index (χ3n) is 6.49. The highest BCUT2D eigenvalue weighted by atomic mass is 35.5. The van der Waals surface area contributed by atoms with Gasteiger partial charge in [0.25, 0.3) is 0 Å². The van der Waals surface area contributed by atoms with Crippen molar-refractivity contribution in [2.24, 2.45) is 17.6 Å². The molecule has 0 aromatic heterocycles. The molecule has 9 nitrogen and oxygen atoms in total. The number of nitrogens with one attached hydrogen (secondary N) is 1. The van der Waals surface area contributed by atoms with Crippen LogP contribution in [0.25, 0.3) is 0 Å². The van der Waals surface area contributed by atoms with E-state index < -0.39 is 6.09 Å². The van der Waals surface area contributed by atoms with Crippen LogP contribution in [0.15, 0.2) is 24.3 Å². The number of carbonyl (C=O) groups is 2. The highest BCUT2D eigenvalue weighted by Crippen LogP contribution is 2.34. The first kappa shape index (κ1) is 27.5. The number of ether oxygens (including phenoxy) is 4. The fourth-order valence-electron chi connectivity index (χ4n) is 4.78. The molecule has 0 bridgehead atoms. The number of benzene rings is 1. The third kappa shape index (κ3) is 9.14. The van der Waals surface area contributed by atoms with Gasteiger partial charge in [-0.1, -0.05) is 23.7 Å². The molecule has 2 heterocycles. The highest BCUT2D eigenvalue weighted by Gasteiger charge is 2.32. The van der Waals surface area contributed by atoms with Gasteiger partial charge < -0.3 is 34.9 Å². The van der Waals surface area contributed by atoms with Crippen molar-refractivity contribution in [3.63, 3.8) is 0 Å². The molecule has 0 saturated carbocycles. The van der Waals surface area contributed by atoms with Crippen LogP contribution in [0.4, 0.5) is 9.59 Å². The second-order valence-electron chi connectivity index (χ2n) is 9.27. The number of alkyl carbamates (subject to hydrolysis) is 1. The lowest BCUT2D eigenvalue weighted by Crippen LogP contribution is -2.44. The van der Waals surface area contributed by atoms with Gasteiger partial charge >= 0.3 is 12.2 Å². The number of hydrogen-bond donors (Lipinski definition) is 2. The van der Waals surface area contributed by atoms with Crippen molar-refractivity contribution in [3.8, 4) is 0 Å². The molecule has 2 aliphatic heterocycles. The van der Waals surface area contributed by atoms with E-state index in [0.717, 1.165) is 50.9 Å². The van der Waals surface area contributed by atoms with Crippen molar-refractivity contribution in [2.75, 3.05) is 53.2 Å². The average Bonchev–Trinajstić information content (AvgIpc) is 2.87. The molecule has 3 rings (SSSR count). The van der Waals surface area contributed by atoms with E-state index >= 15 is 0 Å². The molecular weight excluding hydrogens is 474 g/mol. The third-order valence-corrected chi connectivity index (χ3v) is 6.72. The molecule has 4 atom stereocenters. The number of carbonyl (C=O) groups excluding carboxylic acids is 2. The van der Waals surface area contributed by atoms with Gasteiger partial charge in [-0.2, -0.15) is 0 Å². The molecule has 2 amide bonds. The van der Waals surface area contributed by atoms with E-state index in [0.29, 0.717) is 37.2 Å². The smallest absolute Gasteiger partial charge is 0.409 e. The van der Waals surface area contributed by atoms with Crippen LogP contribution < -0.4 is 11.1 Å². The lowest BCUT2D eigenvalue weighted by molar-refractivity contribution is -0.0150. The average molecular weight is 512 g/mol. The summed E-state index contributed by atoms with van der Waals surface area (Å²) in [6.07, 6.45) is 3.56. The van der Waals surface area contributed by atoms with Crippen LogP contribution in [0.3, 0.4) is 0 Å². The van der Waals surface area contributed by atoms with Crippen LogP contribution in [-0.4, -0.2) is 76.3 Å². The molecule has 196 valence electrons. The Bertz CT molecular complexity index is 807. The van der Waals surface area contributed by atoms with Crippen molar-refractivity contribution >= 4 is 23.8 Å². The summed E-state index contributed by atoms with van der Waals surface area (Å²) in [6.45, 7) is 3.50. The fraction of sp³-hybridized carbons (Fsp3) is 0.680. The van der Waals surface area contributed by atoms with E-state index in [4.69, 9.17) is 31.5 Å². The van der Waals surface area contributed by atoms with Crippen molar-refractivity contribution < 1.29 is 28.5 Å². The summed E-state index contributed by atoms with van der Waals surface area (Å²) in [5, 5.41) is 3.24. The van der Waals surface area contributed by atoms with Gasteiger partial charge in [-0.25, -0.2) is 9.59 Å². The Balaban J connectivity index is 1.54. The normalized spacial score (nSPS) is 22.2. The topological polar surface area (TPSA) is 112 Å². The second kappa shape index (κ2) is 14.5. The van der Waals surface area contributed by atoms with Crippen LogP contribution in [0.1, 0.15) is 43.8 Å². The van der Waals surface area contributed by atoms with E-state index in [-0.39, 0.29) is 30.8 Å². The summed E-state index contributed by atoms with van der Waals surface area (Å²) in [7, 11) is 1.32. The molecule has 1 aromatic carbocycles. The first-order chi connectivity index (χ1) is 17.0. The Morgan fingerprint density at radius 2 is 2.17 bits per heavy atom. The molecule has 2 saturated heterocycles. The zero-order valence-electron chi connectivity index (χ0n) is 20.5. The number of likely N-dealkylation sites (tertiary alicyclic amines) is 1. The lowest BCUT2D eigenvalue weighted by Gasteiger charge is -2.36. The van der Waals surface area contributed by atoms with E-state index in [1.54, 1.807) is 4.90 Å². The van der Waals surface area contributed by atoms with Gasteiger partial charge in [0.1, 0.15) is 6.61 Å². The Morgan fingerprint density at radius 3 is 2.91 bits per heavy atom. The standard InChI is InChI=1S/C25H38ClN3O6/c1-32-24(30)28-9-12-34-23(19-6-2-8-21(26)14-19)20-7-3-10-29(15-20)25(31)35-17-22(27)13-18-5-4-11-33-16-18/h2,6,8,14,18,20,22-23H,3-5,7,9-13,15-17,27H2,1H3,(H,28,30)/t18-,20?,22-,23?/m1/s1. The summed E-state index contributed by atoms with van der Waals surface area (Å²) >= 11 is 6.24. The summed E-state index contributed by atoms with van der Waals surface area (Å²) in [4.78, 5) is 25.9. The summed E-state index contributed by atoms with van der Waals surface area (Å²) in [6, 6.07) is 7.35. The van der Waals surface area contributed by atoms with Crippen LogP contribution in [-0.2, 0) is 18.9 Å². The predicted molar refractivity (Wildman–Crippen MR) is 132 cm³/mol. The number of halogens is 1. The zero-order chi connectivity index (χ0) is 25.0. The van der Waals surface area contributed by atoms with Crippen molar-refractivity contribution in [1.82, 2.24) is 10.2 Å². The molecule has 0 spiro atoms. The molecule has 10 heteroatoms. The molecule has 0 radical (unpaired) electrons. The van der Waals surface area contributed by atoms with Crippen molar-refractivity contribution in [3.05, 3.63) is 34.9 Å². The quantitative estimate of drug-likeness (QED) is 0.460. The number of amides is 2.